The van der Waals surface area contributed by atoms with E-state index < -0.39 is 11.3 Å². The van der Waals surface area contributed by atoms with Gasteiger partial charge in [-0.3, -0.25) is 0 Å². The molecule has 2 aliphatic carbocycles. The summed E-state index contributed by atoms with van der Waals surface area (Å²) in [5, 5.41) is 34.9. The third kappa shape index (κ3) is 2.56. The minimum absolute atomic E-state index is 0.0654. The number of nitrogens with two attached hydrogens (primary N) is 1. The van der Waals surface area contributed by atoms with Crippen LogP contribution in [0.4, 0.5) is 0 Å². The maximum absolute atomic E-state index is 10.2. The zero-order chi connectivity index (χ0) is 21.5. The van der Waals surface area contributed by atoms with Crippen molar-refractivity contribution >= 4 is 0 Å². The second-order valence-electron chi connectivity index (χ2n) is 7.94. The Hall–Kier alpha value is -3.82. The first-order valence-electron chi connectivity index (χ1n) is 10.0. The Bertz CT molecular complexity index is 1180. The number of nitrogens with zero attached hydrogens (tertiary/aromatic N) is 5. The van der Waals surface area contributed by atoms with Crippen LogP contribution in [0.5, 0.6) is 0 Å². The van der Waals surface area contributed by atoms with Gasteiger partial charge in [0.25, 0.3) is 0 Å². The van der Waals surface area contributed by atoms with Crippen molar-refractivity contribution in [1.82, 2.24) is 9.78 Å². The molecular formula is C24H22N6. The van der Waals surface area contributed by atoms with Crippen molar-refractivity contribution in [3.05, 3.63) is 70.2 Å². The van der Waals surface area contributed by atoms with Gasteiger partial charge in [0.1, 0.15) is 6.07 Å². The first kappa shape index (κ1) is 19.5. The van der Waals surface area contributed by atoms with Crippen LogP contribution in [0.2, 0.25) is 0 Å². The quantitative estimate of drug-likeness (QED) is 0.824. The Morgan fingerprint density at radius 3 is 2.47 bits per heavy atom. The molecule has 2 atom stereocenters. The molecule has 2 unspecified atom stereocenters. The van der Waals surface area contributed by atoms with Gasteiger partial charge in [-0.05, 0) is 56.7 Å². The molecular weight excluding hydrogens is 372 g/mol. The SMILES string of the molecule is Cc1nn(-c2ccccc2)c(C)c1C1C2CCCC=C2C(C#N)=C(N)C1(C#N)C#N. The number of fused-ring (bicyclic) bond motifs is 1. The monoisotopic (exact) mass is 394 g/mol. The van der Waals surface area contributed by atoms with E-state index in [1.165, 1.54) is 0 Å². The highest BCUT2D eigenvalue weighted by atomic mass is 15.3. The summed E-state index contributed by atoms with van der Waals surface area (Å²) in [4.78, 5) is 0. The van der Waals surface area contributed by atoms with E-state index in [0.29, 0.717) is 5.57 Å². The normalized spacial score (nSPS) is 22.3. The average molecular weight is 394 g/mol. The van der Waals surface area contributed by atoms with Gasteiger partial charge >= 0.3 is 0 Å². The zero-order valence-corrected chi connectivity index (χ0v) is 17.1. The number of nitriles is 3. The van der Waals surface area contributed by atoms with Gasteiger partial charge < -0.3 is 5.73 Å². The van der Waals surface area contributed by atoms with Gasteiger partial charge in [-0.1, -0.05) is 24.3 Å². The second kappa shape index (κ2) is 7.21. The molecule has 1 heterocycles. The van der Waals surface area contributed by atoms with Crippen LogP contribution >= 0.6 is 0 Å². The van der Waals surface area contributed by atoms with Crippen molar-refractivity contribution in [2.24, 2.45) is 17.1 Å². The Labute approximate surface area is 176 Å². The molecule has 2 aliphatic rings. The Balaban J connectivity index is 2.02. The number of benzene rings is 1. The average Bonchev–Trinajstić information content (AvgIpc) is 3.07. The van der Waals surface area contributed by atoms with Gasteiger partial charge in [-0.25, -0.2) is 4.68 Å². The third-order valence-corrected chi connectivity index (χ3v) is 6.46. The number of hydrogen-bond donors (Lipinski definition) is 1. The molecule has 0 saturated heterocycles. The van der Waals surface area contributed by atoms with Gasteiger partial charge in [-0.15, -0.1) is 0 Å². The van der Waals surface area contributed by atoms with Crippen molar-refractivity contribution in [3.63, 3.8) is 0 Å². The molecule has 148 valence electrons. The van der Waals surface area contributed by atoms with Crippen LogP contribution in [-0.2, 0) is 0 Å². The molecule has 1 aromatic heterocycles. The first-order chi connectivity index (χ1) is 14.5. The summed E-state index contributed by atoms with van der Waals surface area (Å²) in [5.41, 5.74) is 9.47. The fourth-order valence-corrected chi connectivity index (χ4v) is 5.11. The van der Waals surface area contributed by atoms with Crippen LogP contribution in [0.1, 0.15) is 42.1 Å². The molecule has 6 nitrogen and oxygen atoms in total. The van der Waals surface area contributed by atoms with Crippen molar-refractivity contribution in [3.8, 4) is 23.9 Å². The van der Waals surface area contributed by atoms with Gasteiger partial charge in [0.2, 0.25) is 0 Å². The van der Waals surface area contributed by atoms with E-state index in [1.54, 1.807) is 0 Å². The fraction of sp³-hybridized carbons (Fsp3) is 0.333. The van der Waals surface area contributed by atoms with Crippen molar-refractivity contribution in [2.45, 2.75) is 39.0 Å². The summed E-state index contributed by atoms with van der Waals surface area (Å²) in [7, 11) is 0. The Morgan fingerprint density at radius 2 is 1.83 bits per heavy atom. The largest absolute Gasteiger partial charge is 0.399 e. The van der Waals surface area contributed by atoms with E-state index in [1.807, 2.05) is 48.9 Å². The lowest BCUT2D eigenvalue weighted by Gasteiger charge is -2.43. The van der Waals surface area contributed by atoms with Crippen LogP contribution in [0.3, 0.4) is 0 Å². The minimum Gasteiger partial charge on any atom is -0.399 e. The number of rotatable bonds is 2. The van der Waals surface area contributed by atoms with E-state index in [-0.39, 0.29) is 11.6 Å². The second-order valence-corrected chi connectivity index (χ2v) is 7.94. The number of aromatic nitrogens is 2. The summed E-state index contributed by atoms with van der Waals surface area (Å²) in [6.07, 6.45) is 4.67. The lowest BCUT2D eigenvalue weighted by atomic mass is 9.56. The fourth-order valence-electron chi connectivity index (χ4n) is 5.11. The van der Waals surface area contributed by atoms with E-state index >= 15 is 0 Å². The highest BCUT2D eigenvalue weighted by Gasteiger charge is 2.55. The Morgan fingerprint density at radius 1 is 1.13 bits per heavy atom. The van der Waals surface area contributed by atoms with Crippen LogP contribution in [0, 0.1) is 59.2 Å². The van der Waals surface area contributed by atoms with Crippen molar-refractivity contribution < 1.29 is 0 Å². The first-order valence-corrected chi connectivity index (χ1v) is 10.0. The van der Waals surface area contributed by atoms with Gasteiger partial charge in [0.05, 0.1) is 34.8 Å². The molecule has 0 saturated carbocycles. The molecule has 2 aromatic rings. The van der Waals surface area contributed by atoms with Crippen molar-refractivity contribution in [1.29, 1.82) is 15.8 Å². The standard InChI is InChI=1S/C24H22N6/c1-15-21(16(2)30(29-15)17-8-4-3-5-9-17)22-19-11-7-6-10-18(19)20(12-25)23(28)24(22,13-26)14-27/h3-5,8-10,19,22H,6-7,11,28H2,1-2H3. The summed E-state index contributed by atoms with van der Waals surface area (Å²) in [6.45, 7) is 3.88. The van der Waals surface area contributed by atoms with Crippen LogP contribution in [0.15, 0.2) is 53.3 Å². The molecule has 0 spiro atoms. The van der Waals surface area contributed by atoms with Crippen LogP contribution in [-0.4, -0.2) is 9.78 Å². The Kier molecular flexibility index (Phi) is 4.69. The number of allylic oxidation sites excluding steroid dienone is 4. The smallest absolute Gasteiger partial charge is 0.191 e. The van der Waals surface area contributed by atoms with E-state index in [2.05, 4.69) is 24.3 Å². The summed E-state index contributed by atoms with van der Waals surface area (Å²) in [5.74, 6) is -0.598. The predicted molar refractivity (Wildman–Crippen MR) is 112 cm³/mol. The van der Waals surface area contributed by atoms with Crippen LogP contribution in [0.25, 0.3) is 5.69 Å². The summed E-state index contributed by atoms with van der Waals surface area (Å²) < 4.78 is 1.86. The molecule has 4 rings (SSSR count). The zero-order valence-electron chi connectivity index (χ0n) is 17.1. The van der Waals surface area contributed by atoms with Gasteiger partial charge in [0, 0.05) is 17.2 Å². The van der Waals surface area contributed by atoms with Crippen molar-refractivity contribution in [2.75, 3.05) is 0 Å². The maximum atomic E-state index is 10.2. The number of aryl methyl sites for hydroxylation is 1. The molecule has 0 amide bonds. The van der Waals surface area contributed by atoms with Gasteiger partial charge in [-0.2, -0.15) is 20.9 Å². The molecule has 0 bridgehead atoms. The highest BCUT2D eigenvalue weighted by molar-refractivity contribution is 5.60. The molecule has 0 aliphatic heterocycles. The number of para-hydroxylation sites is 1. The molecule has 2 N–H and O–H groups in total. The minimum atomic E-state index is -1.61. The molecule has 30 heavy (non-hydrogen) atoms. The summed E-state index contributed by atoms with van der Waals surface area (Å²) >= 11 is 0. The lowest BCUT2D eigenvalue weighted by Crippen LogP contribution is -2.43. The predicted octanol–water partition coefficient (Wildman–Crippen LogP) is 4.08. The highest BCUT2D eigenvalue weighted by Crippen LogP contribution is 2.56. The third-order valence-electron chi connectivity index (χ3n) is 6.46. The number of hydrogen-bond acceptors (Lipinski definition) is 5. The molecule has 0 radical (unpaired) electrons. The van der Waals surface area contributed by atoms with E-state index in [0.717, 1.165) is 47.5 Å². The molecule has 0 fully saturated rings. The molecule has 6 heteroatoms. The lowest BCUT2D eigenvalue weighted by molar-refractivity contribution is 0.315. The van der Waals surface area contributed by atoms with Crippen LogP contribution < -0.4 is 5.73 Å². The van der Waals surface area contributed by atoms with E-state index in [4.69, 9.17) is 10.8 Å². The van der Waals surface area contributed by atoms with E-state index in [9.17, 15) is 15.8 Å². The molecule has 1 aromatic carbocycles. The topological polar surface area (TPSA) is 115 Å². The van der Waals surface area contributed by atoms with Gasteiger partial charge in [0.15, 0.2) is 5.41 Å². The summed E-state index contributed by atoms with van der Waals surface area (Å²) in [6, 6.07) is 16.4. The maximum Gasteiger partial charge on any atom is 0.191 e.